The number of amides is 2. The van der Waals surface area contributed by atoms with Gasteiger partial charge in [0.1, 0.15) is 6.54 Å². The number of rotatable bonds is 5. The van der Waals surface area contributed by atoms with Crippen molar-refractivity contribution in [3.05, 3.63) is 63.7 Å². The van der Waals surface area contributed by atoms with Gasteiger partial charge in [0.2, 0.25) is 5.91 Å². The van der Waals surface area contributed by atoms with Crippen molar-refractivity contribution in [1.82, 2.24) is 19.8 Å². The molecule has 1 aromatic carbocycles. The number of aromatic nitrogens is 2. The number of likely N-dealkylation sites (tertiary alicyclic amines) is 1. The molecule has 1 saturated heterocycles. The highest BCUT2D eigenvalue weighted by Crippen LogP contribution is 2.40. The highest BCUT2D eigenvalue weighted by molar-refractivity contribution is 7.21. The van der Waals surface area contributed by atoms with Crippen LogP contribution in [0.1, 0.15) is 41.4 Å². The fourth-order valence-electron chi connectivity index (χ4n) is 3.94. The third-order valence-electron chi connectivity index (χ3n) is 5.30. The molecule has 1 atom stereocenters. The van der Waals surface area contributed by atoms with Crippen molar-refractivity contribution < 1.29 is 9.59 Å². The van der Waals surface area contributed by atoms with Gasteiger partial charge < -0.3 is 10.2 Å². The number of carbonyl (C=O) groups excluding carboxylic acids is 2. The molecule has 1 N–H and O–H groups in total. The van der Waals surface area contributed by atoms with E-state index >= 15 is 0 Å². The minimum Gasteiger partial charge on any atom is -0.349 e. The third kappa shape index (κ3) is 4.00. The Morgan fingerprint density at radius 3 is 2.83 bits per heavy atom. The predicted octanol–water partition coefficient (Wildman–Crippen LogP) is 2.61. The van der Waals surface area contributed by atoms with Crippen molar-refractivity contribution in [1.29, 1.82) is 0 Å². The van der Waals surface area contributed by atoms with Gasteiger partial charge in [-0.2, -0.15) is 0 Å². The largest absolute Gasteiger partial charge is 0.349 e. The van der Waals surface area contributed by atoms with Crippen LogP contribution in [-0.4, -0.2) is 45.4 Å². The second-order valence-electron chi connectivity index (χ2n) is 7.82. The Morgan fingerprint density at radius 1 is 1.27 bits per heavy atom. The van der Waals surface area contributed by atoms with Crippen molar-refractivity contribution in [2.24, 2.45) is 0 Å². The second-order valence-corrected chi connectivity index (χ2v) is 8.88. The zero-order chi connectivity index (χ0) is 21.3. The van der Waals surface area contributed by atoms with Gasteiger partial charge in [-0.05, 0) is 43.4 Å². The first-order valence-electron chi connectivity index (χ1n) is 10.1. The summed E-state index contributed by atoms with van der Waals surface area (Å²) in [7, 11) is 0. The van der Waals surface area contributed by atoms with Gasteiger partial charge in [-0.1, -0.05) is 18.2 Å². The van der Waals surface area contributed by atoms with E-state index in [1.807, 2.05) is 38.1 Å². The molecule has 0 radical (unpaired) electrons. The molecule has 0 saturated carbocycles. The van der Waals surface area contributed by atoms with E-state index in [4.69, 9.17) is 0 Å². The van der Waals surface area contributed by atoms with Gasteiger partial charge >= 0.3 is 5.69 Å². The maximum atomic E-state index is 12.9. The summed E-state index contributed by atoms with van der Waals surface area (Å²) < 4.78 is 2.39. The van der Waals surface area contributed by atoms with E-state index in [9.17, 15) is 14.4 Å². The molecule has 8 heteroatoms. The number of nitrogens with one attached hydrogen (secondary N) is 1. The zero-order valence-corrected chi connectivity index (χ0v) is 17.8. The van der Waals surface area contributed by atoms with Crippen molar-refractivity contribution >= 4 is 33.2 Å². The quantitative estimate of drug-likeness (QED) is 0.682. The molecular formula is C22H24N4O3S. The lowest BCUT2D eigenvalue weighted by molar-refractivity contribution is -0.130. The van der Waals surface area contributed by atoms with Crippen LogP contribution in [0.4, 0.5) is 0 Å². The van der Waals surface area contributed by atoms with E-state index < -0.39 is 5.69 Å². The Labute approximate surface area is 178 Å². The smallest absolute Gasteiger partial charge is 0.347 e. The molecule has 1 aliphatic rings. The molecule has 7 nitrogen and oxygen atoms in total. The van der Waals surface area contributed by atoms with Gasteiger partial charge in [0.15, 0.2) is 0 Å². The molecule has 0 aliphatic carbocycles. The predicted molar refractivity (Wildman–Crippen MR) is 117 cm³/mol. The Bertz CT molecular complexity index is 1150. The summed E-state index contributed by atoms with van der Waals surface area (Å²) in [5.74, 6) is -0.0863. The maximum Gasteiger partial charge on any atom is 0.347 e. The van der Waals surface area contributed by atoms with Crippen molar-refractivity contribution in [2.75, 3.05) is 13.1 Å². The average molecular weight is 425 g/mol. The van der Waals surface area contributed by atoms with Crippen LogP contribution in [-0.2, 0) is 11.3 Å². The van der Waals surface area contributed by atoms with Crippen LogP contribution in [0.25, 0.3) is 10.1 Å². The lowest BCUT2D eigenvalue weighted by atomic mass is 9.95. The highest BCUT2D eigenvalue weighted by atomic mass is 32.1. The third-order valence-corrected chi connectivity index (χ3v) is 6.48. The van der Waals surface area contributed by atoms with Crippen LogP contribution in [0.5, 0.6) is 0 Å². The maximum absolute atomic E-state index is 12.9. The van der Waals surface area contributed by atoms with E-state index in [0.29, 0.717) is 13.1 Å². The molecule has 0 unspecified atom stereocenters. The van der Waals surface area contributed by atoms with E-state index in [0.717, 1.165) is 26.9 Å². The average Bonchev–Trinajstić information content (AvgIpc) is 3.33. The van der Waals surface area contributed by atoms with E-state index in [1.165, 1.54) is 22.1 Å². The number of hydrogen-bond donors (Lipinski definition) is 1. The first kappa shape index (κ1) is 20.3. The van der Waals surface area contributed by atoms with E-state index in [1.54, 1.807) is 17.2 Å². The summed E-state index contributed by atoms with van der Waals surface area (Å²) >= 11 is 1.51. The van der Waals surface area contributed by atoms with Gasteiger partial charge in [-0.25, -0.2) is 9.78 Å². The molecule has 156 valence electrons. The highest BCUT2D eigenvalue weighted by Gasteiger charge is 2.32. The molecular weight excluding hydrogens is 400 g/mol. The van der Waals surface area contributed by atoms with Gasteiger partial charge in [0, 0.05) is 42.1 Å². The van der Waals surface area contributed by atoms with Crippen molar-refractivity contribution in [2.45, 2.75) is 38.8 Å². The molecule has 3 heterocycles. The SMILES string of the molecule is CC(C)NC(=O)c1sc2ccccc2c1[C@@H]1CCN(C(=O)Cn2cccnc2=O)C1. The van der Waals surface area contributed by atoms with Crippen LogP contribution < -0.4 is 11.0 Å². The molecule has 4 rings (SSSR count). The number of fused-ring (bicyclic) bond motifs is 1. The molecule has 1 aliphatic heterocycles. The summed E-state index contributed by atoms with van der Waals surface area (Å²) in [5, 5.41) is 4.09. The minimum absolute atomic E-state index is 0.0233. The molecule has 0 bridgehead atoms. The lowest BCUT2D eigenvalue weighted by Gasteiger charge is -2.18. The summed E-state index contributed by atoms with van der Waals surface area (Å²) in [6.07, 6.45) is 3.78. The molecule has 0 spiro atoms. The van der Waals surface area contributed by atoms with E-state index in [-0.39, 0.29) is 30.3 Å². The number of hydrogen-bond acceptors (Lipinski definition) is 5. The van der Waals surface area contributed by atoms with Crippen LogP contribution in [0, 0.1) is 0 Å². The van der Waals surface area contributed by atoms with Gasteiger partial charge in [0.25, 0.3) is 5.91 Å². The number of benzene rings is 1. The van der Waals surface area contributed by atoms with Gasteiger partial charge in [-0.15, -0.1) is 11.3 Å². The fourth-order valence-corrected chi connectivity index (χ4v) is 5.14. The Morgan fingerprint density at radius 2 is 2.07 bits per heavy atom. The summed E-state index contributed by atoms with van der Waals surface area (Å²) in [5.41, 5.74) is 0.598. The van der Waals surface area contributed by atoms with Crippen molar-refractivity contribution in [3.63, 3.8) is 0 Å². The molecule has 30 heavy (non-hydrogen) atoms. The van der Waals surface area contributed by atoms with Gasteiger partial charge in [-0.3, -0.25) is 14.2 Å². The zero-order valence-electron chi connectivity index (χ0n) is 17.0. The molecule has 2 aromatic heterocycles. The number of carbonyl (C=O) groups is 2. The minimum atomic E-state index is -0.432. The summed E-state index contributed by atoms with van der Waals surface area (Å²) in [4.78, 5) is 43.7. The number of thiophene rings is 1. The van der Waals surface area contributed by atoms with Gasteiger partial charge in [0.05, 0.1) is 4.88 Å². The van der Waals surface area contributed by atoms with Crippen LogP contribution in [0.3, 0.4) is 0 Å². The van der Waals surface area contributed by atoms with Crippen molar-refractivity contribution in [3.8, 4) is 0 Å². The first-order chi connectivity index (χ1) is 14.4. The normalized spacial score (nSPS) is 16.4. The topological polar surface area (TPSA) is 84.3 Å². The Kier molecular flexibility index (Phi) is 5.67. The molecule has 2 amide bonds. The standard InChI is InChI=1S/C22H24N4O3S/c1-14(2)24-21(28)20-19(16-6-3-4-7-17(16)30-20)15-8-11-25(12-15)18(27)13-26-10-5-9-23-22(26)29/h3-7,9-10,14-15H,8,11-13H2,1-2H3,(H,24,28)/t15-/m1/s1. The Balaban J connectivity index is 1.59. The molecule has 3 aromatic rings. The lowest BCUT2D eigenvalue weighted by Crippen LogP contribution is -2.35. The first-order valence-corrected chi connectivity index (χ1v) is 10.9. The van der Waals surface area contributed by atoms with E-state index in [2.05, 4.69) is 10.3 Å². The second kappa shape index (κ2) is 8.39. The fraction of sp³-hybridized carbons (Fsp3) is 0.364. The Hall–Kier alpha value is -3.00. The van der Waals surface area contributed by atoms with Crippen LogP contribution in [0.2, 0.25) is 0 Å². The summed E-state index contributed by atoms with van der Waals surface area (Å²) in [6, 6.07) is 9.72. The monoisotopic (exact) mass is 424 g/mol. The molecule has 1 fully saturated rings. The number of nitrogens with zero attached hydrogens (tertiary/aromatic N) is 3. The summed E-state index contributed by atoms with van der Waals surface area (Å²) in [6.45, 7) is 5.01. The van der Waals surface area contributed by atoms with Crippen LogP contribution >= 0.6 is 11.3 Å². The van der Waals surface area contributed by atoms with Crippen LogP contribution in [0.15, 0.2) is 47.5 Å².